The van der Waals surface area contributed by atoms with Crippen LogP contribution in [0.2, 0.25) is 0 Å². The number of hydrogen-bond acceptors (Lipinski definition) is 4. The summed E-state index contributed by atoms with van der Waals surface area (Å²) in [5, 5.41) is 22.6. The highest BCUT2D eigenvalue weighted by Gasteiger charge is 2.14. The number of non-ortho nitro benzene ring substituents is 1. The van der Waals surface area contributed by atoms with Gasteiger partial charge in [0.05, 0.1) is 11.0 Å². The Balaban J connectivity index is 2.98. The molecule has 1 aromatic rings. The first-order valence-corrected chi connectivity index (χ1v) is 4.94. The highest BCUT2D eigenvalue weighted by molar-refractivity contribution is 5.37. The van der Waals surface area contributed by atoms with Crippen LogP contribution in [-0.4, -0.2) is 11.0 Å². The fraction of sp³-hybridized carbons (Fsp3) is 0.364. The normalized spacial score (nSPS) is 12.1. The lowest BCUT2D eigenvalue weighted by Crippen LogP contribution is -2.27. The van der Waals surface area contributed by atoms with Crippen molar-refractivity contribution in [3.8, 4) is 6.07 Å². The minimum Gasteiger partial charge on any atom is -0.296 e. The van der Waals surface area contributed by atoms with Gasteiger partial charge in [0.2, 0.25) is 0 Å². The molecule has 84 valence electrons. The second-order valence-electron chi connectivity index (χ2n) is 3.74. The zero-order valence-corrected chi connectivity index (χ0v) is 9.18. The Morgan fingerprint density at radius 1 is 1.50 bits per heavy atom. The summed E-state index contributed by atoms with van der Waals surface area (Å²) in [6.45, 7) is 3.84. The lowest BCUT2D eigenvalue weighted by Gasteiger charge is -2.14. The standard InChI is InChI=1S/C11H13N3O2/c1-8(2)13-11(7-12)9-4-3-5-10(6-9)14(15)16/h3-6,8,11,13H,1-2H3. The van der Waals surface area contributed by atoms with Gasteiger partial charge in [-0.2, -0.15) is 5.26 Å². The molecule has 0 aromatic heterocycles. The summed E-state index contributed by atoms with van der Waals surface area (Å²) in [6.07, 6.45) is 0. The number of nitro benzene ring substituents is 1. The highest BCUT2D eigenvalue weighted by Crippen LogP contribution is 2.19. The minimum absolute atomic E-state index is 0.00306. The van der Waals surface area contributed by atoms with Crippen LogP contribution >= 0.6 is 0 Å². The summed E-state index contributed by atoms with van der Waals surface area (Å²) >= 11 is 0. The third-order valence-electron chi connectivity index (χ3n) is 2.04. The van der Waals surface area contributed by atoms with Crippen LogP contribution in [-0.2, 0) is 0 Å². The molecule has 0 bridgehead atoms. The quantitative estimate of drug-likeness (QED) is 0.621. The largest absolute Gasteiger partial charge is 0.296 e. The van der Waals surface area contributed by atoms with Crippen molar-refractivity contribution in [2.45, 2.75) is 25.9 Å². The van der Waals surface area contributed by atoms with Crippen LogP contribution < -0.4 is 5.32 Å². The molecular weight excluding hydrogens is 206 g/mol. The van der Waals surface area contributed by atoms with E-state index in [9.17, 15) is 10.1 Å². The van der Waals surface area contributed by atoms with Crippen molar-refractivity contribution in [3.05, 3.63) is 39.9 Å². The van der Waals surface area contributed by atoms with E-state index in [1.165, 1.54) is 12.1 Å². The predicted molar refractivity (Wildman–Crippen MR) is 59.7 cm³/mol. The third kappa shape index (κ3) is 3.04. The molecule has 1 N–H and O–H groups in total. The molecule has 0 fully saturated rings. The monoisotopic (exact) mass is 219 g/mol. The number of nitrogens with zero attached hydrogens (tertiary/aromatic N) is 2. The van der Waals surface area contributed by atoms with Gasteiger partial charge in [0.1, 0.15) is 6.04 Å². The second-order valence-corrected chi connectivity index (χ2v) is 3.74. The van der Waals surface area contributed by atoms with Crippen LogP contribution in [0.1, 0.15) is 25.5 Å². The van der Waals surface area contributed by atoms with Gasteiger partial charge in [0.15, 0.2) is 0 Å². The maximum atomic E-state index is 10.6. The molecule has 1 aromatic carbocycles. The van der Waals surface area contributed by atoms with Crippen LogP contribution in [0.5, 0.6) is 0 Å². The Kier molecular flexibility index (Phi) is 3.97. The fourth-order valence-corrected chi connectivity index (χ4v) is 1.36. The molecule has 0 saturated carbocycles. The third-order valence-corrected chi connectivity index (χ3v) is 2.04. The summed E-state index contributed by atoms with van der Waals surface area (Å²) in [6, 6.07) is 7.83. The summed E-state index contributed by atoms with van der Waals surface area (Å²) in [4.78, 5) is 10.1. The Labute approximate surface area is 93.9 Å². The zero-order chi connectivity index (χ0) is 12.1. The number of benzene rings is 1. The van der Waals surface area contributed by atoms with E-state index in [0.717, 1.165) is 0 Å². The molecule has 5 nitrogen and oxygen atoms in total. The first kappa shape index (κ1) is 12.1. The molecule has 0 radical (unpaired) electrons. The fourth-order valence-electron chi connectivity index (χ4n) is 1.36. The van der Waals surface area contributed by atoms with Crippen LogP contribution in [0.4, 0.5) is 5.69 Å². The number of nitro groups is 1. The topological polar surface area (TPSA) is 79.0 Å². The summed E-state index contributed by atoms with van der Waals surface area (Å²) < 4.78 is 0. The van der Waals surface area contributed by atoms with E-state index in [-0.39, 0.29) is 11.7 Å². The van der Waals surface area contributed by atoms with E-state index in [4.69, 9.17) is 5.26 Å². The van der Waals surface area contributed by atoms with Gasteiger partial charge < -0.3 is 0 Å². The first-order valence-electron chi connectivity index (χ1n) is 4.94. The molecule has 1 rings (SSSR count). The molecule has 0 aliphatic rings. The van der Waals surface area contributed by atoms with Crippen LogP contribution in [0.25, 0.3) is 0 Å². The molecule has 1 atom stereocenters. The summed E-state index contributed by atoms with van der Waals surface area (Å²) in [5.41, 5.74) is 0.619. The van der Waals surface area contributed by atoms with E-state index < -0.39 is 11.0 Å². The molecule has 0 saturated heterocycles. The molecular formula is C11H13N3O2. The average Bonchev–Trinajstić information content (AvgIpc) is 2.25. The molecule has 0 aliphatic carbocycles. The van der Waals surface area contributed by atoms with Gasteiger partial charge >= 0.3 is 0 Å². The van der Waals surface area contributed by atoms with Gasteiger partial charge in [-0.15, -0.1) is 0 Å². The van der Waals surface area contributed by atoms with Gasteiger partial charge in [0.25, 0.3) is 5.69 Å². The van der Waals surface area contributed by atoms with Crippen molar-refractivity contribution < 1.29 is 4.92 Å². The Morgan fingerprint density at radius 2 is 2.19 bits per heavy atom. The number of nitrogens with one attached hydrogen (secondary N) is 1. The number of rotatable bonds is 4. The van der Waals surface area contributed by atoms with Gasteiger partial charge in [-0.25, -0.2) is 0 Å². The van der Waals surface area contributed by atoms with Crippen molar-refractivity contribution in [3.63, 3.8) is 0 Å². The van der Waals surface area contributed by atoms with Crippen molar-refractivity contribution in [1.82, 2.24) is 5.32 Å². The lowest BCUT2D eigenvalue weighted by atomic mass is 10.1. The van der Waals surface area contributed by atoms with Crippen molar-refractivity contribution in [2.75, 3.05) is 0 Å². The molecule has 0 aliphatic heterocycles. The van der Waals surface area contributed by atoms with Gasteiger partial charge in [-0.1, -0.05) is 12.1 Å². The maximum absolute atomic E-state index is 10.6. The Morgan fingerprint density at radius 3 is 2.69 bits per heavy atom. The van der Waals surface area contributed by atoms with E-state index in [1.807, 2.05) is 13.8 Å². The van der Waals surface area contributed by atoms with E-state index in [1.54, 1.807) is 12.1 Å². The number of hydrogen-bond donors (Lipinski definition) is 1. The van der Waals surface area contributed by atoms with E-state index in [2.05, 4.69) is 11.4 Å². The first-order chi connectivity index (χ1) is 7.54. The van der Waals surface area contributed by atoms with Crippen molar-refractivity contribution in [2.24, 2.45) is 0 Å². The minimum atomic E-state index is -0.514. The second kappa shape index (κ2) is 5.24. The molecule has 0 heterocycles. The summed E-state index contributed by atoms with van der Waals surface area (Å²) in [5.74, 6) is 0. The van der Waals surface area contributed by atoms with Crippen LogP contribution in [0.15, 0.2) is 24.3 Å². The Bertz CT molecular complexity index is 423. The SMILES string of the molecule is CC(C)NC(C#N)c1cccc([N+](=O)[O-])c1. The molecule has 5 heteroatoms. The number of nitriles is 1. The molecule has 1 unspecified atom stereocenters. The van der Waals surface area contributed by atoms with Gasteiger partial charge in [-0.3, -0.25) is 15.4 Å². The smallest absolute Gasteiger partial charge is 0.269 e. The maximum Gasteiger partial charge on any atom is 0.269 e. The average molecular weight is 219 g/mol. The highest BCUT2D eigenvalue weighted by atomic mass is 16.6. The summed E-state index contributed by atoms with van der Waals surface area (Å²) in [7, 11) is 0. The molecule has 16 heavy (non-hydrogen) atoms. The van der Waals surface area contributed by atoms with Crippen molar-refractivity contribution >= 4 is 5.69 Å². The molecule has 0 spiro atoms. The van der Waals surface area contributed by atoms with E-state index in [0.29, 0.717) is 5.56 Å². The van der Waals surface area contributed by atoms with Crippen molar-refractivity contribution in [1.29, 1.82) is 5.26 Å². The van der Waals surface area contributed by atoms with Gasteiger partial charge in [0, 0.05) is 18.2 Å². The predicted octanol–water partition coefficient (Wildman–Crippen LogP) is 2.16. The van der Waals surface area contributed by atoms with E-state index >= 15 is 0 Å². The Hall–Kier alpha value is -1.93. The molecule has 0 amide bonds. The lowest BCUT2D eigenvalue weighted by molar-refractivity contribution is -0.384. The van der Waals surface area contributed by atoms with Crippen LogP contribution in [0.3, 0.4) is 0 Å². The van der Waals surface area contributed by atoms with Gasteiger partial charge in [-0.05, 0) is 19.4 Å². The van der Waals surface area contributed by atoms with Crippen LogP contribution in [0, 0.1) is 21.4 Å². The zero-order valence-electron chi connectivity index (χ0n) is 9.18.